The van der Waals surface area contributed by atoms with Crippen LogP contribution in [-0.4, -0.2) is 5.78 Å². The summed E-state index contributed by atoms with van der Waals surface area (Å²) in [6.07, 6.45) is 2.61. The summed E-state index contributed by atoms with van der Waals surface area (Å²) in [5, 5.41) is 12.8. The summed E-state index contributed by atoms with van der Waals surface area (Å²) >= 11 is 1.64. The standard InChI is InChI=1S/C9H8O2S/c10-7-3-4-8(11-6-7)9-2-1-5-12-9/h1-2,5-6H,3-4H2. The van der Waals surface area contributed by atoms with E-state index in [1.807, 2.05) is 17.5 Å². The van der Waals surface area contributed by atoms with Gasteiger partial charge >= 0.3 is 12.0 Å². The Morgan fingerprint density at radius 3 is 2.92 bits per heavy atom. The van der Waals surface area contributed by atoms with E-state index in [0.717, 1.165) is 17.1 Å². The highest BCUT2D eigenvalue weighted by Crippen LogP contribution is 2.17. The van der Waals surface area contributed by atoms with Crippen molar-refractivity contribution in [2.45, 2.75) is 12.8 Å². The van der Waals surface area contributed by atoms with Crippen molar-refractivity contribution in [1.82, 2.24) is 0 Å². The van der Waals surface area contributed by atoms with Gasteiger partial charge in [-0.25, -0.2) is 4.42 Å². The summed E-state index contributed by atoms with van der Waals surface area (Å²) in [6, 6.07) is 3.98. The first kappa shape index (κ1) is 7.55. The molecule has 0 atom stereocenters. The van der Waals surface area contributed by atoms with Crippen LogP contribution in [0.2, 0.25) is 0 Å². The van der Waals surface area contributed by atoms with Gasteiger partial charge in [0.2, 0.25) is 0 Å². The largest absolute Gasteiger partial charge is 0.870 e. The molecule has 0 N–H and O–H groups in total. The fourth-order valence-corrected chi connectivity index (χ4v) is 1.85. The lowest BCUT2D eigenvalue weighted by atomic mass is 10.1. The predicted molar refractivity (Wildman–Crippen MR) is 46.0 cm³/mol. The van der Waals surface area contributed by atoms with Gasteiger partial charge in [0, 0.05) is 0 Å². The van der Waals surface area contributed by atoms with Gasteiger partial charge in [0.05, 0.1) is 6.42 Å². The molecule has 0 aliphatic carbocycles. The summed E-state index contributed by atoms with van der Waals surface area (Å²) in [5.41, 5.74) is 0. The quantitative estimate of drug-likeness (QED) is 0.602. The molecule has 1 aliphatic heterocycles. The lowest BCUT2D eigenvalue weighted by molar-refractivity contribution is -0.326. The smallest absolute Gasteiger partial charge is 0.346 e. The molecule has 2 rings (SSSR count). The second-order valence-corrected chi connectivity index (χ2v) is 3.55. The molecule has 0 amide bonds. The maximum atomic E-state index is 10.8. The van der Waals surface area contributed by atoms with E-state index in [-0.39, 0.29) is 5.76 Å². The van der Waals surface area contributed by atoms with Crippen molar-refractivity contribution in [2.75, 3.05) is 0 Å². The summed E-state index contributed by atoms with van der Waals surface area (Å²) < 4.78 is 5.19. The Labute approximate surface area is 74.5 Å². The van der Waals surface area contributed by atoms with Gasteiger partial charge in [-0.2, -0.15) is 0 Å². The molecule has 0 aromatic carbocycles. The summed E-state index contributed by atoms with van der Waals surface area (Å²) in [4.78, 5) is 1.12. The van der Waals surface area contributed by atoms with E-state index in [2.05, 4.69) is 0 Å². The van der Waals surface area contributed by atoms with Gasteiger partial charge in [0.1, 0.15) is 4.88 Å². The summed E-state index contributed by atoms with van der Waals surface area (Å²) in [5.74, 6) is 1.000. The number of allylic oxidation sites excluding steroid dienone is 1. The zero-order valence-electron chi connectivity index (χ0n) is 6.45. The lowest BCUT2D eigenvalue weighted by Gasteiger charge is -2.06. The van der Waals surface area contributed by atoms with Gasteiger partial charge in [0.25, 0.3) is 0 Å². The number of carbonyl (C=O) groups excluding carboxylic acids is 1. The fourth-order valence-electron chi connectivity index (χ4n) is 1.11. The van der Waals surface area contributed by atoms with Crippen LogP contribution in [0.5, 0.6) is 0 Å². The van der Waals surface area contributed by atoms with Crippen molar-refractivity contribution in [3.63, 3.8) is 0 Å². The molecule has 3 heteroatoms. The second kappa shape index (κ2) is 3.11. The van der Waals surface area contributed by atoms with E-state index in [1.165, 1.54) is 6.26 Å². The van der Waals surface area contributed by atoms with Crippen LogP contribution in [0.1, 0.15) is 22.1 Å². The van der Waals surface area contributed by atoms with Crippen LogP contribution < -0.4 is 5.11 Å². The molecular formula is C9H8O2S. The monoisotopic (exact) mass is 180 g/mol. The zero-order chi connectivity index (χ0) is 8.39. The van der Waals surface area contributed by atoms with Crippen molar-refractivity contribution < 1.29 is 9.53 Å². The molecule has 0 spiro atoms. The fraction of sp³-hybridized carbons (Fsp3) is 0.222. The summed E-state index contributed by atoms with van der Waals surface area (Å²) in [7, 11) is 0. The number of rotatable bonds is 1. The highest BCUT2D eigenvalue weighted by molar-refractivity contribution is 7.12. The molecule has 12 heavy (non-hydrogen) atoms. The molecule has 1 aliphatic rings. The topological polar surface area (TPSA) is 34.4 Å². The van der Waals surface area contributed by atoms with Crippen LogP contribution >= 0.6 is 11.3 Å². The van der Waals surface area contributed by atoms with Crippen LogP contribution in [0.25, 0.3) is 0 Å². The first-order valence-corrected chi connectivity index (χ1v) is 4.66. The Bertz CT molecular complexity index is 322. The van der Waals surface area contributed by atoms with Crippen LogP contribution in [-0.2, 0) is 0 Å². The highest BCUT2D eigenvalue weighted by atomic mass is 32.1. The minimum atomic E-state index is 0.0790. The van der Waals surface area contributed by atoms with E-state index in [1.54, 1.807) is 11.3 Å². The molecule has 0 saturated carbocycles. The number of thiophene rings is 1. The van der Waals surface area contributed by atoms with Gasteiger partial charge in [-0.05, 0) is 23.6 Å². The van der Waals surface area contributed by atoms with Gasteiger partial charge in [-0.15, -0.1) is 11.3 Å². The highest BCUT2D eigenvalue weighted by Gasteiger charge is 2.18. The van der Waals surface area contributed by atoms with Crippen LogP contribution in [0.3, 0.4) is 0 Å². The zero-order valence-corrected chi connectivity index (χ0v) is 7.26. The summed E-state index contributed by atoms with van der Waals surface area (Å²) in [6.45, 7) is 0. The third-order valence-electron chi connectivity index (χ3n) is 1.73. The average Bonchev–Trinajstić information content (AvgIpc) is 2.58. The first-order valence-electron chi connectivity index (χ1n) is 3.78. The van der Waals surface area contributed by atoms with Crippen molar-refractivity contribution in [3.05, 3.63) is 34.4 Å². The third kappa shape index (κ3) is 1.41. The minimum absolute atomic E-state index is 0.0790. The Balaban J connectivity index is 2.27. The predicted octanol–water partition coefficient (Wildman–Crippen LogP) is 1.46. The third-order valence-corrected chi connectivity index (χ3v) is 2.64. The Morgan fingerprint density at radius 1 is 1.42 bits per heavy atom. The lowest BCUT2D eigenvalue weighted by Crippen LogP contribution is -2.11. The van der Waals surface area contributed by atoms with Crippen molar-refractivity contribution in [2.24, 2.45) is 0 Å². The molecule has 0 bridgehead atoms. The van der Waals surface area contributed by atoms with Crippen molar-refractivity contribution in [3.8, 4) is 0 Å². The van der Waals surface area contributed by atoms with Crippen molar-refractivity contribution >= 4 is 17.1 Å². The van der Waals surface area contributed by atoms with Crippen LogP contribution in [0.4, 0.5) is 0 Å². The SMILES string of the molecule is [O-]C1=C[O+]=C(c2cccs2)CC1. The molecule has 2 heterocycles. The van der Waals surface area contributed by atoms with E-state index >= 15 is 0 Å². The van der Waals surface area contributed by atoms with Gasteiger partial charge in [0.15, 0.2) is 0 Å². The van der Waals surface area contributed by atoms with E-state index in [9.17, 15) is 5.11 Å². The molecule has 0 radical (unpaired) electrons. The van der Waals surface area contributed by atoms with Crippen molar-refractivity contribution in [1.29, 1.82) is 0 Å². The van der Waals surface area contributed by atoms with Gasteiger partial charge < -0.3 is 5.11 Å². The molecule has 1 aromatic heterocycles. The maximum Gasteiger partial charge on any atom is 0.346 e. The molecule has 0 fully saturated rings. The minimum Gasteiger partial charge on any atom is -0.870 e. The number of hydrogen-bond acceptors (Lipinski definition) is 2. The normalized spacial score (nSPS) is 17.0. The maximum absolute atomic E-state index is 10.8. The average molecular weight is 180 g/mol. The number of hydrogen-bond donors (Lipinski definition) is 0. The van der Waals surface area contributed by atoms with Gasteiger partial charge in [-0.3, -0.25) is 0 Å². The van der Waals surface area contributed by atoms with Gasteiger partial charge in [-0.1, -0.05) is 6.07 Å². The molecule has 0 saturated heterocycles. The second-order valence-electron chi connectivity index (χ2n) is 2.60. The Kier molecular flexibility index (Phi) is 1.96. The molecule has 1 aromatic rings. The molecule has 0 unspecified atom stereocenters. The Hall–Kier alpha value is -1.09. The first-order chi connectivity index (χ1) is 5.86. The molecular weight excluding hydrogens is 172 g/mol. The van der Waals surface area contributed by atoms with Crippen LogP contribution in [0.15, 0.2) is 29.5 Å². The van der Waals surface area contributed by atoms with Crippen LogP contribution in [0, 0.1) is 0 Å². The Morgan fingerprint density at radius 2 is 2.33 bits per heavy atom. The van der Waals surface area contributed by atoms with E-state index in [4.69, 9.17) is 4.42 Å². The molecule has 62 valence electrons. The number of ketones is 1. The van der Waals surface area contributed by atoms with E-state index in [0.29, 0.717) is 6.42 Å². The molecule has 2 nitrogen and oxygen atoms in total. The van der Waals surface area contributed by atoms with E-state index < -0.39 is 0 Å².